The molecule has 0 unspecified atom stereocenters. The van der Waals surface area contributed by atoms with Crippen LogP contribution < -0.4 is 25.4 Å². The van der Waals surface area contributed by atoms with E-state index in [0.29, 0.717) is 31.3 Å². The number of carbonyl (C=O) groups is 1. The lowest BCUT2D eigenvalue weighted by Crippen LogP contribution is -2.40. The molecule has 0 radical (unpaired) electrons. The lowest BCUT2D eigenvalue weighted by Gasteiger charge is -2.12. The van der Waals surface area contributed by atoms with Crippen molar-refractivity contribution in [2.45, 2.75) is 6.92 Å². The fourth-order valence-corrected chi connectivity index (χ4v) is 2.27. The average Bonchev–Trinajstić information content (AvgIpc) is 2.69. The zero-order chi connectivity index (χ0) is 20.2. The van der Waals surface area contributed by atoms with E-state index in [-0.39, 0.29) is 12.5 Å². The highest BCUT2D eigenvalue weighted by Gasteiger charge is 2.04. The molecule has 0 aliphatic carbocycles. The van der Waals surface area contributed by atoms with Gasteiger partial charge in [-0.1, -0.05) is 6.07 Å². The predicted molar refractivity (Wildman–Crippen MR) is 108 cm³/mol. The van der Waals surface area contributed by atoms with Crippen molar-refractivity contribution in [3.8, 4) is 11.5 Å². The minimum absolute atomic E-state index is 0.0921. The van der Waals surface area contributed by atoms with Crippen LogP contribution in [0.3, 0.4) is 0 Å². The van der Waals surface area contributed by atoms with Gasteiger partial charge in [-0.15, -0.1) is 0 Å². The Balaban J connectivity index is 1.76. The molecule has 0 aromatic heterocycles. The Kier molecular flexibility index (Phi) is 8.58. The summed E-state index contributed by atoms with van der Waals surface area (Å²) in [5, 5.41) is 8.74. The van der Waals surface area contributed by atoms with E-state index in [1.165, 1.54) is 18.2 Å². The summed E-state index contributed by atoms with van der Waals surface area (Å²) in [5.41, 5.74) is 0.394. The van der Waals surface area contributed by atoms with Gasteiger partial charge in [-0.25, -0.2) is 9.38 Å². The number of methoxy groups -OCH3 is 1. The van der Waals surface area contributed by atoms with E-state index in [1.807, 2.05) is 31.2 Å². The van der Waals surface area contributed by atoms with Gasteiger partial charge in [0.05, 0.1) is 13.7 Å². The van der Waals surface area contributed by atoms with Crippen molar-refractivity contribution in [3.05, 3.63) is 54.3 Å². The highest BCUT2D eigenvalue weighted by atomic mass is 19.1. The van der Waals surface area contributed by atoms with Gasteiger partial charge in [-0.3, -0.25) is 4.79 Å². The van der Waals surface area contributed by atoms with E-state index in [1.54, 1.807) is 13.2 Å². The van der Waals surface area contributed by atoms with Crippen molar-refractivity contribution in [2.24, 2.45) is 4.99 Å². The summed E-state index contributed by atoms with van der Waals surface area (Å²) >= 11 is 0. The van der Waals surface area contributed by atoms with Crippen molar-refractivity contribution < 1.29 is 18.7 Å². The highest BCUT2D eigenvalue weighted by Crippen LogP contribution is 2.16. The van der Waals surface area contributed by atoms with Crippen LogP contribution in [0.2, 0.25) is 0 Å². The molecule has 0 atom stereocenters. The van der Waals surface area contributed by atoms with Crippen LogP contribution in [-0.4, -0.2) is 45.2 Å². The van der Waals surface area contributed by atoms with Gasteiger partial charge in [0.15, 0.2) is 5.96 Å². The van der Waals surface area contributed by atoms with Gasteiger partial charge in [0.1, 0.15) is 30.5 Å². The SMILES string of the molecule is CCNC(=NCC(=O)Nc1cccc(F)c1)NCCOc1ccc(OC)cc1. The third-order valence-electron chi connectivity index (χ3n) is 3.56. The third-order valence-corrected chi connectivity index (χ3v) is 3.56. The van der Waals surface area contributed by atoms with Crippen LogP contribution in [0.25, 0.3) is 0 Å². The van der Waals surface area contributed by atoms with E-state index in [2.05, 4.69) is 20.9 Å². The minimum Gasteiger partial charge on any atom is -0.497 e. The van der Waals surface area contributed by atoms with Crippen molar-refractivity contribution in [1.29, 1.82) is 0 Å². The highest BCUT2D eigenvalue weighted by molar-refractivity contribution is 5.94. The predicted octanol–water partition coefficient (Wildman–Crippen LogP) is 2.41. The molecule has 0 bridgehead atoms. The number of hydrogen-bond acceptors (Lipinski definition) is 4. The smallest absolute Gasteiger partial charge is 0.246 e. The standard InChI is InChI=1S/C20H25FN4O3/c1-3-22-20(23-11-12-28-18-9-7-17(27-2)8-10-18)24-14-19(26)25-16-6-4-5-15(21)13-16/h4-10,13H,3,11-12,14H2,1-2H3,(H,25,26)(H2,22,23,24). The molecule has 0 heterocycles. The topological polar surface area (TPSA) is 84.0 Å². The second kappa shape index (κ2) is 11.4. The van der Waals surface area contributed by atoms with E-state index >= 15 is 0 Å². The van der Waals surface area contributed by atoms with Gasteiger partial charge in [-0.05, 0) is 49.4 Å². The van der Waals surface area contributed by atoms with Crippen LogP contribution in [0.4, 0.5) is 10.1 Å². The molecular weight excluding hydrogens is 363 g/mol. The number of nitrogens with zero attached hydrogens (tertiary/aromatic N) is 1. The molecule has 3 N–H and O–H groups in total. The van der Waals surface area contributed by atoms with Crippen LogP contribution in [-0.2, 0) is 4.79 Å². The van der Waals surface area contributed by atoms with Crippen LogP contribution in [0, 0.1) is 5.82 Å². The summed E-state index contributed by atoms with van der Waals surface area (Å²) in [6.07, 6.45) is 0. The summed E-state index contributed by atoms with van der Waals surface area (Å²) in [6.45, 7) is 3.41. The first-order chi connectivity index (χ1) is 13.6. The number of aliphatic imine (C=N–C) groups is 1. The molecule has 2 rings (SSSR count). The molecular formula is C20H25FN4O3. The molecule has 150 valence electrons. The van der Waals surface area contributed by atoms with Gasteiger partial charge in [0.25, 0.3) is 0 Å². The Morgan fingerprint density at radius 2 is 1.86 bits per heavy atom. The molecule has 0 fully saturated rings. The van der Waals surface area contributed by atoms with Crippen LogP contribution in [0.5, 0.6) is 11.5 Å². The van der Waals surface area contributed by atoms with Crippen LogP contribution in [0.1, 0.15) is 6.92 Å². The van der Waals surface area contributed by atoms with Crippen LogP contribution >= 0.6 is 0 Å². The van der Waals surface area contributed by atoms with E-state index in [0.717, 1.165) is 11.5 Å². The Morgan fingerprint density at radius 1 is 1.11 bits per heavy atom. The summed E-state index contributed by atoms with van der Waals surface area (Å²) in [6, 6.07) is 13.0. The molecule has 0 saturated heterocycles. The van der Waals surface area contributed by atoms with Gasteiger partial charge in [0, 0.05) is 12.2 Å². The van der Waals surface area contributed by atoms with Crippen molar-refractivity contribution >= 4 is 17.6 Å². The molecule has 2 aromatic rings. The second-order valence-corrected chi connectivity index (χ2v) is 5.70. The van der Waals surface area contributed by atoms with Gasteiger partial charge < -0.3 is 25.4 Å². The number of benzene rings is 2. The van der Waals surface area contributed by atoms with Crippen molar-refractivity contribution in [3.63, 3.8) is 0 Å². The zero-order valence-corrected chi connectivity index (χ0v) is 16.0. The molecule has 28 heavy (non-hydrogen) atoms. The monoisotopic (exact) mass is 388 g/mol. The van der Waals surface area contributed by atoms with E-state index in [4.69, 9.17) is 9.47 Å². The molecule has 1 amide bonds. The van der Waals surface area contributed by atoms with Gasteiger partial charge in [-0.2, -0.15) is 0 Å². The maximum atomic E-state index is 13.1. The first-order valence-electron chi connectivity index (χ1n) is 8.95. The maximum absolute atomic E-state index is 13.1. The summed E-state index contributed by atoms with van der Waals surface area (Å²) in [5.74, 6) is 1.25. The maximum Gasteiger partial charge on any atom is 0.246 e. The number of guanidine groups is 1. The third kappa shape index (κ3) is 7.53. The summed E-state index contributed by atoms with van der Waals surface area (Å²) < 4.78 is 23.9. The Bertz CT molecular complexity index is 781. The Hall–Kier alpha value is -3.29. The minimum atomic E-state index is -0.409. The molecule has 0 aliphatic rings. The van der Waals surface area contributed by atoms with Gasteiger partial charge in [0.2, 0.25) is 5.91 Å². The molecule has 0 aliphatic heterocycles. The fraction of sp³-hybridized carbons (Fsp3) is 0.300. The van der Waals surface area contributed by atoms with Gasteiger partial charge >= 0.3 is 0 Å². The molecule has 2 aromatic carbocycles. The number of anilines is 1. The second-order valence-electron chi connectivity index (χ2n) is 5.70. The Morgan fingerprint density at radius 3 is 2.54 bits per heavy atom. The molecule has 7 nitrogen and oxygen atoms in total. The number of nitrogens with one attached hydrogen (secondary N) is 3. The normalized spacial score (nSPS) is 10.9. The molecule has 8 heteroatoms. The first kappa shape index (κ1) is 21.0. The number of hydrogen-bond donors (Lipinski definition) is 3. The van der Waals surface area contributed by atoms with E-state index < -0.39 is 5.82 Å². The molecule has 0 spiro atoms. The number of halogens is 1. The number of carbonyl (C=O) groups excluding carboxylic acids is 1. The number of rotatable bonds is 9. The fourth-order valence-electron chi connectivity index (χ4n) is 2.27. The number of ether oxygens (including phenoxy) is 2. The van der Waals surface area contributed by atoms with Crippen molar-refractivity contribution in [2.75, 3.05) is 38.7 Å². The Labute approximate surface area is 164 Å². The molecule has 0 saturated carbocycles. The quantitative estimate of drug-likeness (QED) is 0.349. The average molecular weight is 388 g/mol. The lowest BCUT2D eigenvalue weighted by atomic mass is 10.3. The summed E-state index contributed by atoms with van der Waals surface area (Å²) in [4.78, 5) is 16.2. The largest absolute Gasteiger partial charge is 0.497 e. The number of amides is 1. The van der Waals surface area contributed by atoms with E-state index in [9.17, 15) is 9.18 Å². The van der Waals surface area contributed by atoms with Crippen LogP contribution in [0.15, 0.2) is 53.5 Å². The summed E-state index contributed by atoms with van der Waals surface area (Å²) in [7, 11) is 1.61. The lowest BCUT2D eigenvalue weighted by molar-refractivity contribution is -0.114. The van der Waals surface area contributed by atoms with Crippen molar-refractivity contribution in [1.82, 2.24) is 10.6 Å². The zero-order valence-electron chi connectivity index (χ0n) is 16.0. The first-order valence-corrected chi connectivity index (χ1v) is 8.95.